The first-order chi connectivity index (χ1) is 8.61. The van der Waals surface area contributed by atoms with E-state index in [4.69, 9.17) is 5.26 Å². The third-order valence-corrected chi connectivity index (χ3v) is 3.15. The highest BCUT2D eigenvalue weighted by Crippen LogP contribution is 2.32. The minimum absolute atomic E-state index is 0.0933. The van der Waals surface area contributed by atoms with E-state index in [0.717, 1.165) is 0 Å². The lowest BCUT2D eigenvalue weighted by atomic mass is 9.88. The van der Waals surface area contributed by atoms with E-state index in [1.165, 1.54) is 0 Å². The zero-order chi connectivity index (χ0) is 13.1. The van der Waals surface area contributed by atoms with E-state index >= 15 is 0 Å². The smallest absolute Gasteiger partial charge is 0.345 e. The van der Waals surface area contributed by atoms with Crippen molar-refractivity contribution in [2.45, 2.75) is 31.6 Å². The van der Waals surface area contributed by atoms with Crippen LogP contribution in [0.15, 0.2) is 18.3 Å². The summed E-state index contributed by atoms with van der Waals surface area (Å²) >= 11 is 0. The summed E-state index contributed by atoms with van der Waals surface area (Å²) in [6, 6.07) is 5.54. The van der Waals surface area contributed by atoms with Gasteiger partial charge in [0.05, 0.1) is 11.7 Å². The molecule has 1 aromatic rings. The van der Waals surface area contributed by atoms with Crippen molar-refractivity contribution in [2.24, 2.45) is 0 Å². The third-order valence-electron chi connectivity index (χ3n) is 3.15. The van der Waals surface area contributed by atoms with Crippen molar-refractivity contribution < 1.29 is 13.5 Å². The van der Waals surface area contributed by atoms with Gasteiger partial charge in [0.25, 0.3) is 0 Å². The number of hydrogen-bond donors (Lipinski definition) is 0. The lowest BCUT2D eigenvalue weighted by Gasteiger charge is -2.41. The van der Waals surface area contributed by atoms with Crippen molar-refractivity contribution in [1.29, 1.82) is 5.26 Å². The number of anilines is 1. The van der Waals surface area contributed by atoms with Gasteiger partial charge in [-0.3, -0.25) is 0 Å². The maximum atomic E-state index is 12.0. The van der Waals surface area contributed by atoms with Gasteiger partial charge < -0.3 is 9.64 Å². The second kappa shape index (κ2) is 5.27. The minimum Gasteiger partial charge on any atom is -0.355 e. The molecule has 0 radical (unpaired) electrons. The van der Waals surface area contributed by atoms with Crippen molar-refractivity contribution in [3.8, 4) is 6.07 Å². The van der Waals surface area contributed by atoms with Gasteiger partial charge in [-0.25, -0.2) is 4.98 Å². The van der Waals surface area contributed by atoms with Crippen LogP contribution in [0.3, 0.4) is 0 Å². The molecule has 0 aromatic carbocycles. The number of halogens is 2. The van der Waals surface area contributed by atoms with Gasteiger partial charge in [0.2, 0.25) is 0 Å². The van der Waals surface area contributed by atoms with Crippen LogP contribution >= 0.6 is 0 Å². The molecule has 0 unspecified atom stereocenters. The molecule has 0 saturated heterocycles. The first-order valence-electron chi connectivity index (χ1n) is 5.63. The number of aromatic nitrogens is 1. The Morgan fingerprint density at radius 3 is 2.89 bits per heavy atom. The first-order valence-corrected chi connectivity index (χ1v) is 5.63. The Hall–Kier alpha value is -1.74. The molecule has 0 atom stereocenters. The lowest BCUT2D eigenvalue weighted by Crippen LogP contribution is -2.47. The number of pyridine rings is 1. The van der Waals surface area contributed by atoms with Crippen LogP contribution in [0, 0.1) is 11.3 Å². The topological polar surface area (TPSA) is 49.2 Å². The van der Waals surface area contributed by atoms with Crippen LogP contribution in [-0.4, -0.2) is 30.8 Å². The molecule has 96 valence electrons. The van der Waals surface area contributed by atoms with Crippen LogP contribution in [0.4, 0.5) is 14.6 Å². The van der Waals surface area contributed by atoms with Crippen LogP contribution in [-0.2, 0) is 4.74 Å². The summed E-state index contributed by atoms with van der Waals surface area (Å²) in [6.45, 7) is -2.72. The Balaban J connectivity index is 1.98. The Morgan fingerprint density at radius 2 is 2.28 bits per heavy atom. The van der Waals surface area contributed by atoms with E-state index in [2.05, 4.69) is 15.8 Å². The van der Waals surface area contributed by atoms with Crippen molar-refractivity contribution in [2.75, 3.05) is 11.9 Å². The number of rotatable bonds is 4. The Morgan fingerprint density at radius 1 is 1.56 bits per heavy atom. The van der Waals surface area contributed by atoms with Crippen molar-refractivity contribution in [3.05, 3.63) is 23.9 Å². The van der Waals surface area contributed by atoms with Crippen LogP contribution in [0.1, 0.15) is 18.4 Å². The van der Waals surface area contributed by atoms with E-state index in [1.54, 1.807) is 18.3 Å². The maximum Gasteiger partial charge on any atom is 0.345 e. The fourth-order valence-corrected chi connectivity index (χ4v) is 2.05. The fraction of sp³-hybridized carbons (Fsp3) is 0.500. The largest absolute Gasteiger partial charge is 0.355 e. The normalized spacial score (nSPS) is 22.4. The molecule has 0 aliphatic heterocycles. The molecule has 1 aromatic heterocycles. The molecule has 1 aliphatic carbocycles. The second-order valence-corrected chi connectivity index (χ2v) is 4.24. The van der Waals surface area contributed by atoms with Crippen LogP contribution < -0.4 is 4.90 Å². The summed E-state index contributed by atoms with van der Waals surface area (Å²) in [5.74, 6) is 0.584. The first kappa shape index (κ1) is 12.7. The number of hydrogen-bond acceptors (Lipinski definition) is 4. The molecule has 1 fully saturated rings. The molecule has 0 spiro atoms. The van der Waals surface area contributed by atoms with Crippen molar-refractivity contribution in [1.82, 2.24) is 4.98 Å². The van der Waals surface area contributed by atoms with Gasteiger partial charge in [-0.15, -0.1) is 0 Å². The quantitative estimate of drug-likeness (QED) is 0.825. The van der Waals surface area contributed by atoms with Gasteiger partial charge in [-0.05, 0) is 25.0 Å². The number of nitriles is 1. The maximum absolute atomic E-state index is 12.0. The summed E-state index contributed by atoms with van der Waals surface area (Å²) < 4.78 is 28.4. The van der Waals surface area contributed by atoms with Gasteiger partial charge >= 0.3 is 6.61 Å². The molecular weight excluding hydrogens is 240 g/mol. The molecule has 2 rings (SSSR count). The molecule has 1 saturated carbocycles. The van der Waals surface area contributed by atoms with Gasteiger partial charge in [0.1, 0.15) is 11.9 Å². The molecule has 18 heavy (non-hydrogen) atoms. The Labute approximate surface area is 104 Å². The molecule has 1 heterocycles. The van der Waals surface area contributed by atoms with Crippen LogP contribution in [0.2, 0.25) is 0 Å². The van der Waals surface area contributed by atoms with E-state index in [9.17, 15) is 8.78 Å². The molecule has 1 aliphatic rings. The van der Waals surface area contributed by atoms with Gasteiger partial charge in [0, 0.05) is 19.3 Å². The van der Waals surface area contributed by atoms with E-state index in [0.29, 0.717) is 24.2 Å². The van der Waals surface area contributed by atoms with Gasteiger partial charge in [-0.1, -0.05) is 0 Å². The molecule has 6 heteroatoms. The number of alkyl halides is 2. The number of nitrogens with zero attached hydrogens (tertiary/aromatic N) is 3. The minimum atomic E-state index is -2.72. The summed E-state index contributed by atoms with van der Waals surface area (Å²) in [5.41, 5.74) is 0.484. The SMILES string of the molecule is CN(c1ncccc1C#N)C1CC(OC(F)F)C1. The van der Waals surface area contributed by atoms with E-state index in [1.807, 2.05) is 11.9 Å². The average molecular weight is 253 g/mol. The van der Waals surface area contributed by atoms with Crippen molar-refractivity contribution in [3.63, 3.8) is 0 Å². The van der Waals surface area contributed by atoms with Crippen LogP contribution in [0.5, 0.6) is 0 Å². The highest BCUT2D eigenvalue weighted by molar-refractivity contribution is 5.53. The highest BCUT2D eigenvalue weighted by Gasteiger charge is 2.35. The van der Waals surface area contributed by atoms with Gasteiger partial charge in [-0.2, -0.15) is 14.0 Å². The van der Waals surface area contributed by atoms with Crippen molar-refractivity contribution >= 4 is 5.82 Å². The summed E-state index contributed by atoms with van der Waals surface area (Å²) in [7, 11) is 1.81. The number of ether oxygens (including phenoxy) is 1. The molecule has 0 amide bonds. The fourth-order valence-electron chi connectivity index (χ4n) is 2.05. The molecule has 4 nitrogen and oxygen atoms in total. The third kappa shape index (κ3) is 2.57. The predicted octanol–water partition coefficient (Wildman–Crippen LogP) is 2.16. The molecule has 0 N–H and O–H groups in total. The lowest BCUT2D eigenvalue weighted by molar-refractivity contribution is -0.183. The zero-order valence-corrected chi connectivity index (χ0v) is 9.88. The van der Waals surface area contributed by atoms with E-state index in [-0.39, 0.29) is 6.04 Å². The second-order valence-electron chi connectivity index (χ2n) is 4.24. The summed E-state index contributed by atoms with van der Waals surface area (Å²) in [5, 5.41) is 8.97. The standard InChI is InChI=1S/C12H13F2N3O/c1-17(9-5-10(6-9)18-12(13)14)11-8(7-15)3-2-4-16-11/h2-4,9-10,12H,5-6H2,1H3. The highest BCUT2D eigenvalue weighted by atomic mass is 19.3. The summed E-state index contributed by atoms with van der Waals surface area (Å²) in [4.78, 5) is 6.00. The van der Waals surface area contributed by atoms with E-state index < -0.39 is 12.7 Å². The Bertz CT molecular complexity index is 455. The molecule has 0 bridgehead atoms. The monoisotopic (exact) mass is 253 g/mol. The average Bonchev–Trinajstić information content (AvgIpc) is 2.32. The molecular formula is C12H13F2N3O. The predicted molar refractivity (Wildman–Crippen MR) is 61.3 cm³/mol. The Kier molecular flexibility index (Phi) is 3.72. The van der Waals surface area contributed by atoms with Gasteiger partial charge in [0.15, 0.2) is 0 Å². The zero-order valence-electron chi connectivity index (χ0n) is 9.88. The van der Waals surface area contributed by atoms with Crippen LogP contribution in [0.25, 0.3) is 0 Å². The summed E-state index contributed by atoms with van der Waals surface area (Å²) in [6.07, 6.45) is 2.27.